The molecule has 0 bridgehead atoms. The van der Waals surface area contributed by atoms with Crippen molar-refractivity contribution in [1.29, 1.82) is 0 Å². The molecule has 2 aliphatic carbocycles. The minimum atomic E-state index is -0.485. The van der Waals surface area contributed by atoms with E-state index in [4.69, 9.17) is 27.9 Å². The van der Waals surface area contributed by atoms with Gasteiger partial charge in [0.1, 0.15) is 5.82 Å². The van der Waals surface area contributed by atoms with Crippen molar-refractivity contribution in [1.82, 2.24) is 10.2 Å². The lowest BCUT2D eigenvalue weighted by Gasteiger charge is -2.27. The fourth-order valence-corrected chi connectivity index (χ4v) is 7.08. The van der Waals surface area contributed by atoms with Gasteiger partial charge in [-0.1, -0.05) is 65.7 Å². The first-order valence-corrected chi connectivity index (χ1v) is 15.7. The zero-order chi connectivity index (χ0) is 29.4. The molecule has 1 saturated carbocycles. The van der Waals surface area contributed by atoms with E-state index in [1.807, 2.05) is 0 Å². The SMILES string of the molecule is Cc1cccc(CN(C(=O)C2=C(c3ccc(CCCOc4c(Cl)cc(F)cc4Cl)cc3)C[C@H]3CNC[C@@H]23)C2CC2)c1C. The number of halogens is 3. The molecule has 4 nitrogen and oxygen atoms in total. The number of aryl methyl sites for hydroxylation is 2. The van der Waals surface area contributed by atoms with Gasteiger partial charge in [-0.05, 0) is 104 Å². The van der Waals surface area contributed by atoms with E-state index in [1.54, 1.807) is 0 Å². The maximum atomic E-state index is 14.4. The number of nitrogens with one attached hydrogen (secondary N) is 1. The van der Waals surface area contributed by atoms with Gasteiger partial charge >= 0.3 is 0 Å². The molecule has 3 aliphatic rings. The highest BCUT2D eigenvalue weighted by molar-refractivity contribution is 6.37. The summed E-state index contributed by atoms with van der Waals surface area (Å²) in [5.74, 6) is 0.806. The molecule has 0 spiro atoms. The molecule has 1 heterocycles. The Morgan fingerprint density at radius 3 is 2.50 bits per heavy atom. The number of hydrogen-bond donors (Lipinski definition) is 1. The van der Waals surface area contributed by atoms with Crippen LogP contribution in [0.1, 0.15) is 53.5 Å². The first-order valence-electron chi connectivity index (χ1n) is 15.0. The second-order valence-electron chi connectivity index (χ2n) is 12.0. The fraction of sp³-hybridized carbons (Fsp3) is 0.400. The van der Waals surface area contributed by atoms with Crippen LogP contribution in [0.3, 0.4) is 0 Å². The van der Waals surface area contributed by atoms with Gasteiger partial charge in [0, 0.05) is 30.6 Å². The van der Waals surface area contributed by atoms with E-state index in [9.17, 15) is 9.18 Å². The van der Waals surface area contributed by atoms with Crippen molar-refractivity contribution in [3.63, 3.8) is 0 Å². The van der Waals surface area contributed by atoms with Crippen molar-refractivity contribution in [2.24, 2.45) is 11.8 Å². The lowest BCUT2D eigenvalue weighted by atomic mass is 9.93. The molecular weight excluding hydrogens is 570 g/mol. The summed E-state index contributed by atoms with van der Waals surface area (Å²) in [4.78, 5) is 16.5. The average Bonchev–Trinajstić information content (AvgIpc) is 3.59. The predicted octanol–water partition coefficient (Wildman–Crippen LogP) is 7.95. The van der Waals surface area contributed by atoms with E-state index in [0.29, 0.717) is 30.9 Å². The Kier molecular flexibility index (Phi) is 8.63. The van der Waals surface area contributed by atoms with Crippen molar-refractivity contribution < 1.29 is 13.9 Å². The summed E-state index contributed by atoms with van der Waals surface area (Å²) < 4.78 is 19.2. The summed E-state index contributed by atoms with van der Waals surface area (Å²) in [6.45, 7) is 7.24. The molecule has 0 unspecified atom stereocenters. The third-order valence-electron chi connectivity index (χ3n) is 9.16. The van der Waals surface area contributed by atoms with Crippen LogP contribution >= 0.6 is 23.2 Å². The number of ether oxygens (including phenoxy) is 1. The Hall–Kier alpha value is -2.86. The van der Waals surface area contributed by atoms with Gasteiger partial charge in [0.15, 0.2) is 5.75 Å². The highest BCUT2D eigenvalue weighted by Crippen LogP contribution is 2.46. The molecule has 220 valence electrons. The third kappa shape index (κ3) is 6.10. The highest BCUT2D eigenvalue weighted by Gasteiger charge is 2.44. The van der Waals surface area contributed by atoms with Gasteiger partial charge in [0.05, 0.1) is 16.7 Å². The molecule has 6 rings (SSSR count). The number of benzene rings is 3. The lowest BCUT2D eigenvalue weighted by Crippen LogP contribution is -2.36. The van der Waals surface area contributed by atoms with Crippen molar-refractivity contribution >= 4 is 34.7 Å². The molecule has 3 aromatic carbocycles. The number of hydrogen-bond acceptors (Lipinski definition) is 3. The molecule has 1 N–H and O–H groups in total. The molecule has 3 aromatic rings. The number of carbonyl (C=O) groups is 1. The highest BCUT2D eigenvalue weighted by atomic mass is 35.5. The van der Waals surface area contributed by atoms with Crippen LogP contribution in [0, 0.1) is 31.5 Å². The zero-order valence-electron chi connectivity index (χ0n) is 24.2. The number of carbonyl (C=O) groups excluding carboxylic acids is 1. The van der Waals surface area contributed by atoms with E-state index in [1.165, 1.54) is 40.0 Å². The summed E-state index contributed by atoms with van der Waals surface area (Å²) in [5, 5.41) is 3.89. The Morgan fingerprint density at radius 2 is 1.79 bits per heavy atom. The number of amides is 1. The third-order valence-corrected chi connectivity index (χ3v) is 9.72. The van der Waals surface area contributed by atoms with Gasteiger partial charge < -0.3 is 15.0 Å². The molecule has 42 heavy (non-hydrogen) atoms. The van der Waals surface area contributed by atoms with E-state index in [0.717, 1.165) is 56.3 Å². The van der Waals surface area contributed by atoms with Gasteiger partial charge in [-0.2, -0.15) is 0 Å². The zero-order valence-corrected chi connectivity index (χ0v) is 25.7. The van der Waals surface area contributed by atoms with Crippen LogP contribution in [0.5, 0.6) is 5.75 Å². The van der Waals surface area contributed by atoms with Crippen molar-refractivity contribution in [3.05, 3.63) is 104 Å². The van der Waals surface area contributed by atoms with E-state index >= 15 is 0 Å². The van der Waals surface area contributed by atoms with Crippen LogP contribution in [0.15, 0.2) is 60.2 Å². The second-order valence-corrected chi connectivity index (χ2v) is 12.8. The van der Waals surface area contributed by atoms with Crippen molar-refractivity contribution in [2.45, 2.75) is 58.5 Å². The van der Waals surface area contributed by atoms with Crippen LogP contribution in [0.2, 0.25) is 10.0 Å². The molecule has 2 fully saturated rings. The van der Waals surface area contributed by atoms with Crippen LogP contribution in [-0.2, 0) is 17.8 Å². The summed E-state index contributed by atoms with van der Waals surface area (Å²) >= 11 is 12.2. The normalized spacial score (nSPS) is 19.7. The van der Waals surface area contributed by atoms with Gasteiger partial charge in [-0.3, -0.25) is 4.79 Å². The Morgan fingerprint density at radius 1 is 1.05 bits per heavy atom. The standard InChI is InChI=1S/C35H37Cl2FN2O2/c1-21-5-3-7-25(22(21)2)20-40(28-12-13-28)35(41)33-29(15-26-18-39-19-30(26)33)24-10-8-23(9-11-24)6-4-14-42-34-31(36)16-27(38)17-32(34)37/h3,5,7-11,16-17,26,28,30,39H,4,6,12-15,18-20H2,1-2H3/t26-,30+/m0/s1. The van der Waals surface area contributed by atoms with Gasteiger partial charge in [0.2, 0.25) is 0 Å². The summed E-state index contributed by atoms with van der Waals surface area (Å²) in [6.07, 6.45) is 4.70. The molecular formula is C35H37Cl2FN2O2. The van der Waals surface area contributed by atoms with Gasteiger partial charge in [-0.15, -0.1) is 0 Å². The second kappa shape index (κ2) is 12.4. The lowest BCUT2D eigenvalue weighted by molar-refractivity contribution is -0.128. The number of nitrogens with zero attached hydrogens (tertiary/aromatic N) is 1. The minimum Gasteiger partial charge on any atom is -0.490 e. The van der Waals surface area contributed by atoms with Gasteiger partial charge in [0.25, 0.3) is 5.91 Å². The predicted molar refractivity (Wildman–Crippen MR) is 168 cm³/mol. The van der Waals surface area contributed by atoms with E-state index in [2.05, 4.69) is 66.5 Å². The maximum Gasteiger partial charge on any atom is 0.250 e. The summed E-state index contributed by atoms with van der Waals surface area (Å²) in [5.41, 5.74) is 8.39. The fourth-order valence-electron chi connectivity index (χ4n) is 6.51. The van der Waals surface area contributed by atoms with Crippen LogP contribution in [0.25, 0.3) is 5.57 Å². The minimum absolute atomic E-state index is 0.175. The number of fused-ring (bicyclic) bond motifs is 1. The molecule has 1 amide bonds. The summed E-state index contributed by atoms with van der Waals surface area (Å²) in [6, 6.07) is 17.8. The summed E-state index contributed by atoms with van der Waals surface area (Å²) in [7, 11) is 0. The van der Waals surface area contributed by atoms with Crippen LogP contribution in [0.4, 0.5) is 4.39 Å². The quantitative estimate of drug-likeness (QED) is 0.238. The smallest absolute Gasteiger partial charge is 0.250 e. The largest absolute Gasteiger partial charge is 0.490 e. The Balaban J connectivity index is 1.17. The first kappa shape index (κ1) is 29.2. The van der Waals surface area contributed by atoms with E-state index < -0.39 is 5.82 Å². The molecule has 1 saturated heterocycles. The van der Waals surface area contributed by atoms with Crippen molar-refractivity contribution in [3.8, 4) is 5.75 Å². The number of allylic oxidation sites excluding steroid dienone is 1. The number of rotatable bonds is 10. The first-order chi connectivity index (χ1) is 20.3. The van der Waals surface area contributed by atoms with Crippen LogP contribution in [-0.4, -0.2) is 36.5 Å². The monoisotopic (exact) mass is 606 g/mol. The van der Waals surface area contributed by atoms with Crippen molar-refractivity contribution in [2.75, 3.05) is 19.7 Å². The molecule has 2 atom stereocenters. The van der Waals surface area contributed by atoms with Crippen LogP contribution < -0.4 is 10.1 Å². The molecule has 0 aromatic heterocycles. The topological polar surface area (TPSA) is 41.6 Å². The maximum absolute atomic E-state index is 14.4. The van der Waals surface area contributed by atoms with E-state index in [-0.39, 0.29) is 21.9 Å². The Labute approximate surface area is 257 Å². The molecule has 7 heteroatoms. The Bertz CT molecular complexity index is 1490. The van der Waals surface area contributed by atoms with Gasteiger partial charge in [-0.25, -0.2) is 4.39 Å². The molecule has 1 aliphatic heterocycles. The molecule has 0 radical (unpaired) electrons. The average molecular weight is 608 g/mol.